The van der Waals surface area contributed by atoms with Gasteiger partial charge in [-0.1, -0.05) is 23.7 Å². The van der Waals surface area contributed by atoms with Gasteiger partial charge in [0.1, 0.15) is 5.82 Å². The number of amides is 2. The molecule has 0 unspecified atom stereocenters. The fourth-order valence-electron chi connectivity index (χ4n) is 2.89. The van der Waals surface area contributed by atoms with E-state index in [1.165, 1.54) is 0 Å². The third kappa shape index (κ3) is 3.43. The third-order valence-corrected chi connectivity index (χ3v) is 5.35. The summed E-state index contributed by atoms with van der Waals surface area (Å²) in [6.07, 6.45) is 0. The highest BCUT2D eigenvalue weighted by atomic mass is 35.5. The summed E-state index contributed by atoms with van der Waals surface area (Å²) in [6.45, 7) is 2.04. The maximum Gasteiger partial charge on any atom is 0.324 e. The van der Waals surface area contributed by atoms with Crippen molar-refractivity contribution in [3.8, 4) is 5.69 Å². The Bertz CT molecular complexity index is 968. The SMILES string of the molecule is Cc1cccc(-n2nc3c(c2NC(=O)Nc2ccc(Cl)cc2)CSC3)c1. The van der Waals surface area contributed by atoms with E-state index >= 15 is 0 Å². The van der Waals surface area contributed by atoms with Gasteiger partial charge in [0.05, 0.1) is 11.4 Å². The van der Waals surface area contributed by atoms with Crippen LogP contribution in [0.25, 0.3) is 5.69 Å². The van der Waals surface area contributed by atoms with Crippen LogP contribution >= 0.6 is 23.4 Å². The highest BCUT2D eigenvalue weighted by molar-refractivity contribution is 7.98. The van der Waals surface area contributed by atoms with E-state index in [1.807, 2.05) is 29.8 Å². The monoisotopic (exact) mass is 384 g/mol. The van der Waals surface area contributed by atoms with E-state index in [0.29, 0.717) is 10.7 Å². The first-order chi connectivity index (χ1) is 12.6. The molecule has 2 N–H and O–H groups in total. The Kier molecular flexibility index (Phi) is 4.61. The molecule has 2 aromatic carbocycles. The molecule has 132 valence electrons. The predicted molar refractivity (Wildman–Crippen MR) is 107 cm³/mol. The summed E-state index contributed by atoms with van der Waals surface area (Å²) < 4.78 is 1.82. The average molecular weight is 385 g/mol. The molecule has 1 aliphatic heterocycles. The standard InChI is InChI=1S/C19H17ClN4OS/c1-12-3-2-4-15(9-12)24-18(16-10-26-11-17(16)23-24)22-19(25)21-14-7-5-13(20)6-8-14/h2-9H,10-11H2,1H3,(H2,21,22,25). The minimum Gasteiger partial charge on any atom is -0.308 e. The molecule has 0 aliphatic carbocycles. The van der Waals surface area contributed by atoms with Crippen molar-refractivity contribution in [2.75, 3.05) is 10.6 Å². The number of carbonyl (C=O) groups is 1. The van der Waals surface area contributed by atoms with E-state index in [4.69, 9.17) is 16.7 Å². The maximum absolute atomic E-state index is 12.5. The molecule has 5 nitrogen and oxygen atoms in total. The van der Waals surface area contributed by atoms with Gasteiger partial charge in [0.2, 0.25) is 0 Å². The largest absolute Gasteiger partial charge is 0.324 e. The molecule has 0 fully saturated rings. The number of rotatable bonds is 3. The zero-order chi connectivity index (χ0) is 18.1. The number of fused-ring (bicyclic) bond motifs is 1. The molecule has 2 heterocycles. The van der Waals surface area contributed by atoms with E-state index < -0.39 is 0 Å². The predicted octanol–water partition coefficient (Wildman–Crippen LogP) is 5.22. The second-order valence-electron chi connectivity index (χ2n) is 6.10. The number of nitrogens with zero attached hydrogens (tertiary/aromatic N) is 2. The lowest BCUT2D eigenvalue weighted by Gasteiger charge is -2.12. The van der Waals surface area contributed by atoms with E-state index in [1.54, 1.807) is 36.0 Å². The van der Waals surface area contributed by atoms with Crippen molar-refractivity contribution in [3.05, 3.63) is 70.4 Å². The second-order valence-corrected chi connectivity index (χ2v) is 7.53. The number of halogens is 1. The maximum atomic E-state index is 12.5. The molecule has 0 atom stereocenters. The van der Waals surface area contributed by atoms with Crippen LogP contribution in [0.5, 0.6) is 0 Å². The highest BCUT2D eigenvalue weighted by Gasteiger charge is 2.24. The minimum atomic E-state index is -0.305. The number of aromatic nitrogens is 2. The first kappa shape index (κ1) is 17.0. The summed E-state index contributed by atoms with van der Waals surface area (Å²) in [5.41, 5.74) is 4.87. The van der Waals surface area contributed by atoms with Crippen LogP contribution in [0.3, 0.4) is 0 Å². The molecule has 3 aromatic rings. The summed E-state index contributed by atoms with van der Waals surface area (Å²) in [6, 6.07) is 14.8. The van der Waals surface area contributed by atoms with Crippen molar-refractivity contribution >= 4 is 40.9 Å². The molecule has 2 amide bonds. The Labute approximate surface area is 160 Å². The molecule has 26 heavy (non-hydrogen) atoms. The molecule has 1 aliphatic rings. The zero-order valence-corrected chi connectivity index (χ0v) is 15.7. The van der Waals surface area contributed by atoms with Gasteiger partial charge in [-0.05, 0) is 48.9 Å². The number of hydrogen-bond acceptors (Lipinski definition) is 3. The molecule has 0 bridgehead atoms. The van der Waals surface area contributed by atoms with Crippen molar-refractivity contribution in [1.29, 1.82) is 0 Å². The summed E-state index contributed by atoms with van der Waals surface area (Å²) in [5, 5.41) is 11.1. The summed E-state index contributed by atoms with van der Waals surface area (Å²) in [7, 11) is 0. The zero-order valence-electron chi connectivity index (χ0n) is 14.1. The van der Waals surface area contributed by atoms with Crippen LogP contribution in [0, 0.1) is 6.92 Å². The van der Waals surface area contributed by atoms with Crippen LogP contribution in [-0.2, 0) is 11.5 Å². The number of aryl methyl sites for hydroxylation is 1. The van der Waals surface area contributed by atoms with E-state index in [0.717, 1.165) is 39.8 Å². The van der Waals surface area contributed by atoms with Crippen LogP contribution in [0.15, 0.2) is 48.5 Å². The number of hydrogen-bond donors (Lipinski definition) is 2. The van der Waals surface area contributed by atoms with Gasteiger partial charge in [0.15, 0.2) is 0 Å². The third-order valence-electron chi connectivity index (χ3n) is 4.13. The lowest BCUT2D eigenvalue weighted by molar-refractivity contribution is 0.262. The lowest BCUT2D eigenvalue weighted by atomic mass is 10.2. The fraction of sp³-hybridized carbons (Fsp3) is 0.158. The molecule has 1 aromatic heterocycles. The molecular weight excluding hydrogens is 368 g/mol. The summed E-state index contributed by atoms with van der Waals surface area (Å²) in [4.78, 5) is 12.5. The van der Waals surface area contributed by atoms with Crippen LogP contribution in [-0.4, -0.2) is 15.8 Å². The van der Waals surface area contributed by atoms with Crippen molar-refractivity contribution in [3.63, 3.8) is 0 Å². The van der Waals surface area contributed by atoms with Crippen molar-refractivity contribution < 1.29 is 4.79 Å². The molecule has 0 saturated heterocycles. The van der Waals surface area contributed by atoms with E-state index in [2.05, 4.69) is 16.7 Å². The van der Waals surface area contributed by atoms with Crippen LogP contribution in [0.4, 0.5) is 16.3 Å². The van der Waals surface area contributed by atoms with Gasteiger partial charge in [-0.15, -0.1) is 0 Å². The van der Waals surface area contributed by atoms with Gasteiger partial charge in [0, 0.05) is 27.8 Å². The molecule has 4 rings (SSSR count). The Morgan fingerprint density at radius 1 is 1.15 bits per heavy atom. The Morgan fingerprint density at radius 3 is 2.73 bits per heavy atom. The molecular formula is C19H17ClN4OS. The lowest BCUT2D eigenvalue weighted by Crippen LogP contribution is -2.22. The molecule has 0 saturated carbocycles. The normalized spacial score (nSPS) is 12.7. The van der Waals surface area contributed by atoms with Crippen molar-refractivity contribution in [2.45, 2.75) is 18.4 Å². The van der Waals surface area contributed by atoms with Gasteiger partial charge in [-0.25, -0.2) is 9.48 Å². The molecule has 0 radical (unpaired) electrons. The number of urea groups is 1. The molecule has 7 heteroatoms. The number of thioether (sulfide) groups is 1. The summed E-state index contributed by atoms with van der Waals surface area (Å²) in [5.74, 6) is 2.43. The minimum absolute atomic E-state index is 0.305. The summed E-state index contributed by atoms with van der Waals surface area (Å²) >= 11 is 7.69. The Morgan fingerprint density at radius 2 is 1.96 bits per heavy atom. The average Bonchev–Trinajstić information content (AvgIpc) is 3.20. The van der Waals surface area contributed by atoms with Gasteiger partial charge < -0.3 is 5.32 Å². The smallest absolute Gasteiger partial charge is 0.308 e. The second kappa shape index (κ2) is 7.05. The van der Waals surface area contributed by atoms with Gasteiger partial charge in [0.25, 0.3) is 0 Å². The first-order valence-corrected chi connectivity index (χ1v) is 9.72. The van der Waals surface area contributed by atoms with Crippen molar-refractivity contribution in [2.24, 2.45) is 0 Å². The van der Waals surface area contributed by atoms with Crippen molar-refractivity contribution in [1.82, 2.24) is 9.78 Å². The number of benzene rings is 2. The molecule has 0 spiro atoms. The van der Waals surface area contributed by atoms with Crippen LogP contribution in [0.1, 0.15) is 16.8 Å². The number of carbonyl (C=O) groups excluding carboxylic acids is 1. The van der Waals surface area contributed by atoms with E-state index in [-0.39, 0.29) is 6.03 Å². The highest BCUT2D eigenvalue weighted by Crippen LogP contribution is 2.36. The number of nitrogens with one attached hydrogen (secondary N) is 2. The van der Waals surface area contributed by atoms with Gasteiger partial charge in [-0.3, -0.25) is 5.32 Å². The fourth-order valence-corrected chi connectivity index (χ4v) is 4.05. The van der Waals surface area contributed by atoms with Gasteiger partial charge >= 0.3 is 6.03 Å². The van der Waals surface area contributed by atoms with Crippen LogP contribution in [0.2, 0.25) is 5.02 Å². The quantitative estimate of drug-likeness (QED) is 0.650. The Balaban J connectivity index is 1.63. The topological polar surface area (TPSA) is 59.0 Å². The van der Waals surface area contributed by atoms with Gasteiger partial charge in [-0.2, -0.15) is 16.9 Å². The number of anilines is 2. The Hall–Kier alpha value is -2.44. The van der Waals surface area contributed by atoms with E-state index in [9.17, 15) is 4.79 Å². The first-order valence-electron chi connectivity index (χ1n) is 8.19. The van der Waals surface area contributed by atoms with Crippen LogP contribution < -0.4 is 10.6 Å².